The highest BCUT2D eigenvalue weighted by Gasteiger charge is 2.29. The quantitative estimate of drug-likeness (QED) is 0.416. The molecule has 0 aromatic heterocycles. The van der Waals surface area contributed by atoms with Crippen molar-refractivity contribution in [2.75, 3.05) is 27.9 Å². The van der Waals surface area contributed by atoms with Crippen LogP contribution >= 0.6 is 0 Å². The summed E-state index contributed by atoms with van der Waals surface area (Å²) in [4.78, 5) is 0. The van der Waals surface area contributed by atoms with Gasteiger partial charge in [0.25, 0.3) is 0 Å². The van der Waals surface area contributed by atoms with Crippen molar-refractivity contribution in [1.82, 2.24) is 0 Å². The summed E-state index contributed by atoms with van der Waals surface area (Å²) in [5.74, 6) is -1.01. The molecule has 0 radical (unpaired) electrons. The molecule has 0 heterocycles. The Morgan fingerprint density at radius 2 is 1.55 bits per heavy atom. The van der Waals surface area contributed by atoms with Crippen LogP contribution in [0.25, 0.3) is 0 Å². The predicted molar refractivity (Wildman–Crippen MR) is 44.1 cm³/mol. The summed E-state index contributed by atoms with van der Waals surface area (Å²) in [6.07, 6.45) is 0. The summed E-state index contributed by atoms with van der Waals surface area (Å²) >= 11 is 0. The van der Waals surface area contributed by atoms with Crippen LogP contribution in [0.15, 0.2) is 0 Å². The van der Waals surface area contributed by atoms with E-state index in [1.165, 1.54) is 21.3 Å². The molecule has 0 spiro atoms. The van der Waals surface area contributed by atoms with Gasteiger partial charge in [0, 0.05) is 21.3 Å². The molecular formula is C6H16O4Si. The Morgan fingerprint density at radius 3 is 1.82 bits per heavy atom. The van der Waals surface area contributed by atoms with Crippen LogP contribution < -0.4 is 0 Å². The van der Waals surface area contributed by atoms with Crippen molar-refractivity contribution in [1.29, 1.82) is 0 Å². The highest BCUT2D eigenvalue weighted by Crippen LogP contribution is 2.11. The lowest BCUT2D eigenvalue weighted by molar-refractivity contribution is -0.361. The van der Waals surface area contributed by atoms with Crippen molar-refractivity contribution in [3.63, 3.8) is 0 Å². The fourth-order valence-electron chi connectivity index (χ4n) is 0.654. The van der Waals surface area contributed by atoms with Crippen LogP contribution in [0.1, 0.15) is 0 Å². The molecule has 0 unspecified atom stereocenters. The van der Waals surface area contributed by atoms with E-state index in [1.54, 1.807) is 0 Å². The SMILES string of the molecule is COC(CO[SiH2]C)(OC)OC. The van der Waals surface area contributed by atoms with Gasteiger partial charge in [-0.05, 0) is 0 Å². The van der Waals surface area contributed by atoms with Crippen molar-refractivity contribution in [2.45, 2.75) is 12.5 Å². The highest BCUT2D eigenvalue weighted by molar-refractivity contribution is 6.24. The number of rotatable bonds is 6. The summed E-state index contributed by atoms with van der Waals surface area (Å²) in [5.41, 5.74) is 0. The third-order valence-corrected chi connectivity index (χ3v) is 2.03. The lowest BCUT2D eigenvalue weighted by Crippen LogP contribution is -2.41. The molecule has 68 valence electrons. The Morgan fingerprint density at radius 1 is 1.09 bits per heavy atom. The highest BCUT2D eigenvalue weighted by atomic mass is 28.2. The van der Waals surface area contributed by atoms with E-state index in [4.69, 9.17) is 18.6 Å². The summed E-state index contributed by atoms with van der Waals surface area (Å²) in [7, 11) is 4.13. The maximum atomic E-state index is 5.24. The maximum absolute atomic E-state index is 5.24. The molecule has 0 saturated carbocycles. The summed E-state index contributed by atoms with van der Waals surface area (Å²) < 4.78 is 20.2. The average Bonchev–Trinajstić information content (AvgIpc) is 2.08. The van der Waals surface area contributed by atoms with Gasteiger partial charge in [0.2, 0.25) is 0 Å². The van der Waals surface area contributed by atoms with Crippen LogP contribution in [0.2, 0.25) is 6.55 Å². The van der Waals surface area contributed by atoms with Crippen molar-refractivity contribution in [3.05, 3.63) is 0 Å². The Bertz CT molecular complexity index is 86.3. The van der Waals surface area contributed by atoms with E-state index in [0.29, 0.717) is 6.61 Å². The second-order valence-corrected chi connectivity index (χ2v) is 2.92. The third kappa shape index (κ3) is 3.30. The van der Waals surface area contributed by atoms with Gasteiger partial charge in [-0.25, -0.2) is 0 Å². The Kier molecular flexibility index (Phi) is 5.70. The minimum Gasteiger partial charge on any atom is -0.416 e. The monoisotopic (exact) mass is 180 g/mol. The Hall–Kier alpha value is 0.0569. The standard InChI is InChI=1S/C6H16O4Si/c1-7-6(8-2,9-3)5-10-11-4/h5,11H2,1-4H3. The molecule has 0 aliphatic heterocycles. The number of hydrogen-bond acceptors (Lipinski definition) is 4. The van der Waals surface area contributed by atoms with Crippen LogP contribution in [-0.4, -0.2) is 43.7 Å². The first-order valence-corrected chi connectivity index (χ1v) is 5.47. The molecule has 0 aromatic rings. The molecule has 0 amide bonds. The van der Waals surface area contributed by atoms with Gasteiger partial charge in [-0.15, -0.1) is 0 Å². The molecule has 11 heavy (non-hydrogen) atoms. The Balaban J connectivity index is 3.84. The van der Waals surface area contributed by atoms with E-state index in [0.717, 1.165) is 0 Å². The van der Waals surface area contributed by atoms with Gasteiger partial charge in [-0.3, -0.25) is 0 Å². The van der Waals surface area contributed by atoms with Crippen LogP contribution in [-0.2, 0) is 18.6 Å². The first kappa shape index (κ1) is 11.1. The van der Waals surface area contributed by atoms with Gasteiger partial charge in [0.05, 0.1) is 0 Å². The molecule has 0 fully saturated rings. The first-order chi connectivity index (χ1) is 5.24. The van der Waals surface area contributed by atoms with Gasteiger partial charge in [0.1, 0.15) is 6.61 Å². The second-order valence-electron chi connectivity index (χ2n) is 1.93. The largest absolute Gasteiger partial charge is 0.416 e. The first-order valence-electron chi connectivity index (χ1n) is 3.48. The van der Waals surface area contributed by atoms with Gasteiger partial charge in [0.15, 0.2) is 9.76 Å². The lowest BCUT2D eigenvalue weighted by Gasteiger charge is -2.28. The summed E-state index contributed by atoms with van der Waals surface area (Å²) in [5, 5.41) is 0. The van der Waals surface area contributed by atoms with Gasteiger partial charge in [-0.1, -0.05) is 6.55 Å². The van der Waals surface area contributed by atoms with Crippen LogP contribution in [0, 0.1) is 0 Å². The molecule has 4 nitrogen and oxygen atoms in total. The van der Waals surface area contributed by atoms with E-state index >= 15 is 0 Å². The maximum Gasteiger partial charge on any atom is 0.305 e. The van der Waals surface area contributed by atoms with Crippen LogP contribution in [0.4, 0.5) is 0 Å². The number of ether oxygens (including phenoxy) is 3. The van der Waals surface area contributed by atoms with E-state index in [-0.39, 0.29) is 0 Å². The summed E-state index contributed by atoms with van der Waals surface area (Å²) in [6, 6.07) is 0. The van der Waals surface area contributed by atoms with E-state index in [1.807, 2.05) is 6.55 Å². The number of methoxy groups -OCH3 is 3. The lowest BCUT2D eigenvalue weighted by atomic mass is 10.6. The molecule has 0 aliphatic carbocycles. The fraction of sp³-hybridized carbons (Fsp3) is 1.00. The number of hydrogen-bond donors (Lipinski definition) is 0. The molecule has 0 rings (SSSR count). The molecule has 0 aliphatic rings. The van der Waals surface area contributed by atoms with Crippen molar-refractivity contribution in [2.24, 2.45) is 0 Å². The molecule has 0 saturated heterocycles. The molecule has 0 bridgehead atoms. The van der Waals surface area contributed by atoms with Crippen LogP contribution in [0.3, 0.4) is 0 Å². The predicted octanol–water partition coefficient (Wildman–Crippen LogP) is -0.272. The zero-order valence-corrected chi connectivity index (χ0v) is 8.96. The molecular weight excluding hydrogens is 164 g/mol. The molecule has 0 N–H and O–H groups in total. The minimum atomic E-state index is -1.01. The topological polar surface area (TPSA) is 36.9 Å². The van der Waals surface area contributed by atoms with E-state index in [2.05, 4.69) is 0 Å². The van der Waals surface area contributed by atoms with Crippen molar-refractivity contribution >= 4 is 9.76 Å². The average molecular weight is 180 g/mol. The minimum absolute atomic E-state index is 0.333. The van der Waals surface area contributed by atoms with E-state index < -0.39 is 15.7 Å². The van der Waals surface area contributed by atoms with Gasteiger partial charge in [-0.2, -0.15) is 0 Å². The Labute approximate surface area is 69.7 Å². The van der Waals surface area contributed by atoms with Gasteiger partial charge < -0.3 is 18.6 Å². The zero-order chi connectivity index (χ0) is 8.74. The molecule has 0 aromatic carbocycles. The zero-order valence-electron chi connectivity index (χ0n) is 7.55. The normalized spacial score (nSPS) is 13.1. The van der Waals surface area contributed by atoms with Crippen molar-refractivity contribution < 1.29 is 18.6 Å². The van der Waals surface area contributed by atoms with Gasteiger partial charge >= 0.3 is 5.97 Å². The van der Waals surface area contributed by atoms with E-state index in [9.17, 15) is 0 Å². The second kappa shape index (κ2) is 5.67. The summed E-state index contributed by atoms with van der Waals surface area (Å²) in [6.45, 7) is 2.37. The van der Waals surface area contributed by atoms with Crippen molar-refractivity contribution in [3.8, 4) is 0 Å². The third-order valence-electron chi connectivity index (χ3n) is 1.42. The smallest absolute Gasteiger partial charge is 0.305 e. The molecule has 5 heteroatoms. The molecule has 0 atom stereocenters. The van der Waals surface area contributed by atoms with Crippen LogP contribution in [0.5, 0.6) is 0 Å². The fourth-order valence-corrected chi connectivity index (χ4v) is 1.11.